The molecule has 1 aliphatic rings. The molecule has 0 spiro atoms. The second-order valence-electron chi connectivity index (χ2n) is 5.87. The third kappa shape index (κ3) is 2.85. The van der Waals surface area contributed by atoms with Crippen LogP contribution < -0.4 is 0 Å². The molecular formula is C17H26O2. The summed E-state index contributed by atoms with van der Waals surface area (Å²) in [7, 11) is 1.75. The fourth-order valence-corrected chi connectivity index (χ4v) is 3.27. The molecule has 1 aromatic carbocycles. The van der Waals surface area contributed by atoms with Crippen LogP contribution in [0.1, 0.15) is 61.3 Å². The zero-order valence-corrected chi connectivity index (χ0v) is 12.4. The number of methoxy groups -OCH3 is 1. The number of rotatable bonds is 3. The van der Waals surface area contributed by atoms with E-state index in [0.29, 0.717) is 0 Å². The van der Waals surface area contributed by atoms with E-state index in [-0.39, 0.29) is 0 Å². The highest BCUT2D eigenvalue weighted by Crippen LogP contribution is 2.41. The van der Waals surface area contributed by atoms with Gasteiger partial charge in [-0.1, -0.05) is 43.9 Å². The average Bonchev–Trinajstić information content (AvgIpc) is 2.67. The first-order valence-electron chi connectivity index (χ1n) is 7.40. The molecule has 1 atom stereocenters. The normalized spacial score (nSPS) is 20.8. The van der Waals surface area contributed by atoms with Crippen molar-refractivity contribution in [1.82, 2.24) is 0 Å². The van der Waals surface area contributed by atoms with Crippen LogP contribution in [0, 0.1) is 13.8 Å². The van der Waals surface area contributed by atoms with Crippen LogP contribution in [0.25, 0.3) is 0 Å². The van der Waals surface area contributed by atoms with Crippen molar-refractivity contribution in [2.45, 2.75) is 64.1 Å². The van der Waals surface area contributed by atoms with Crippen molar-refractivity contribution in [1.29, 1.82) is 0 Å². The lowest BCUT2D eigenvalue weighted by Gasteiger charge is -2.37. The molecule has 0 heterocycles. The smallest absolute Gasteiger partial charge is 0.108 e. The molecule has 1 N–H and O–H groups in total. The highest BCUT2D eigenvalue weighted by molar-refractivity contribution is 5.36. The van der Waals surface area contributed by atoms with Gasteiger partial charge in [-0.3, -0.25) is 0 Å². The summed E-state index contributed by atoms with van der Waals surface area (Å²) in [6.45, 7) is 4.19. The van der Waals surface area contributed by atoms with Gasteiger partial charge >= 0.3 is 0 Å². The molecule has 0 saturated heterocycles. The largest absolute Gasteiger partial charge is 0.385 e. The Bertz CT molecular complexity index is 417. The summed E-state index contributed by atoms with van der Waals surface area (Å²) in [5.41, 5.74) is 3.06. The third-order valence-corrected chi connectivity index (χ3v) is 4.80. The first kappa shape index (κ1) is 14.5. The molecular weight excluding hydrogens is 236 g/mol. The van der Waals surface area contributed by atoms with E-state index in [0.717, 1.165) is 31.2 Å². The second kappa shape index (κ2) is 6.06. The Kier molecular flexibility index (Phi) is 4.64. The van der Waals surface area contributed by atoms with E-state index in [4.69, 9.17) is 4.74 Å². The molecule has 2 heteroatoms. The Morgan fingerprint density at radius 3 is 2.32 bits per heavy atom. The van der Waals surface area contributed by atoms with Crippen molar-refractivity contribution in [2.24, 2.45) is 0 Å². The van der Waals surface area contributed by atoms with Gasteiger partial charge in [0.15, 0.2) is 0 Å². The van der Waals surface area contributed by atoms with Gasteiger partial charge in [0.2, 0.25) is 0 Å². The van der Waals surface area contributed by atoms with Gasteiger partial charge in [0, 0.05) is 7.11 Å². The Morgan fingerprint density at radius 1 is 1.11 bits per heavy atom. The molecule has 0 bridgehead atoms. The van der Waals surface area contributed by atoms with Crippen molar-refractivity contribution >= 4 is 0 Å². The van der Waals surface area contributed by atoms with Gasteiger partial charge in [0.05, 0.1) is 5.60 Å². The number of hydrogen-bond acceptors (Lipinski definition) is 2. The molecule has 1 saturated carbocycles. The van der Waals surface area contributed by atoms with E-state index < -0.39 is 11.7 Å². The van der Waals surface area contributed by atoms with Crippen LogP contribution in [0.15, 0.2) is 18.2 Å². The molecule has 1 fully saturated rings. The number of aryl methyl sites for hydroxylation is 1. The number of ether oxygens (including phenoxy) is 1. The lowest BCUT2D eigenvalue weighted by molar-refractivity contribution is -0.114. The van der Waals surface area contributed by atoms with Crippen molar-refractivity contribution in [2.75, 3.05) is 7.11 Å². The lowest BCUT2D eigenvalue weighted by Crippen LogP contribution is -2.38. The summed E-state index contributed by atoms with van der Waals surface area (Å²) in [5, 5.41) is 10.9. The maximum Gasteiger partial charge on any atom is 0.108 e. The van der Waals surface area contributed by atoms with Crippen molar-refractivity contribution in [3.63, 3.8) is 0 Å². The molecule has 106 valence electrons. The number of benzene rings is 1. The fourth-order valence-electron chi connectivity index (χ4n) is 3.27. The van der Waals surface area contributed by atoms with Gasteiger partial charge in [-0.05, 0) is 43.4 Å². The molecule has 1 unspecified atom stereocenters. The number of aliphatic hydroxyl groups is 1. The van der Waals surface area contributed by atoms with E-state index in [1.807, 2.05) is 12.1 Å². The quantitative estimate of drug-likeness (QED) is 0.832. The van der Waals surface area contributed by atoms with E-state index in [1.54, 1.807) is 7.11 Å². The molecule has 2 rings (SSSR count). The maximum absolute atomic E-state index is 10.9. The van der Waals surface area contributed by atoms with Crippen LogP contribution in [0.3, 0.4) is 0 Å². The van der Waals surface area contributed by atoms with Gasteiger partial charge in [-0.15, -0.1) is 0 Å². The van der Waals surface area contributed by atoms with Crippen LogP contribution in [0.2, 0.25) is 0 Å². The summed E-state index contributed by atoms with van der Waals surface area (Å²) < 4.78 is 5.82. The molecule has 0 aliphatic heterocycles. The second-order valence-corrected chi connectivity index (χ2v) is 5.87. The summed E-state index contributed by atoms with van der Waals surface area (Å²) in [6.07, 6.45) is 6.20. The first-order valence-corrected chi connectivity index (χ1v) is 7.40. The molecule has 0 radical (unpaired) electrons. The zero-order valence-electron chi connectivity index (χ0n) is 12.4. The molecule has 1 aromatic rings. The molecule has 1 aliphatic carbocycles. The summed E-state index contributed by atoms with van der Waals surface area (Å²) in [4.78, 5) is 0. The predicted molar refractivity (Wildman–Crippen MR) is 78.3 cm³/mol. The SMILES string of the molecule is COC1(C(O)c2cccc(C)c2C)CCCCCC1. The van der Waals surface area contributed by atoms with E-state index >= 15 is 0 Å². The van der Waals surface area contributed by atoms with Gasteiger partial charge in [-0.25, -0.2) is 0 Å². The number of aliphatic hydroxyl groups excluding tert-OH is 1. The minimum absolute atomic E-state index is 0.394. The van der Waals surface area contributed by atoms with E-state index in [2.05, 4.69) is 19.9 Å². The number of hydrogen-bond donors (Lipinski definition) is 1. The highest BCUT2D eigenvalue weighted by Gasteiger charge is 2.39. The fraction of sp³-hybridized carbons (Fsp3) is 0.647. The Labute approximate surface area is 116 Å². The minimum atomic E-state index is -0.518. The summed E-state index contributed by atoms with van der Waals surface area (Å²) in [5.74, 6) is 0. The van der Waals surface area contributed by atoms with Gasteiger partial charge in [0.25, 0.3) is 0 Å². The Morgan fingerprint density at radius 2 is 1.74 bits per heavy atom. The topological polar surface area (TPSA) is 29.5 Å². The van der Waals surface area contributed by atoms with Gasteiger partial charge in [-0.2, -0.15) is 0 Å². The van der Waals surface area contributed by atoms with Crippen LogP contribution in [-0.4, -0.2) is 17.8 Å². The monoisotopic (exact) mass is 262 g/mol. The molecule has 0 amide bonds. The van der Waals surface area contributed by atoms with Crippen LogP contribution >= 0.6 is 0 Å². The van der Waals surface area contributed by atoms with Crippen molar-refractivity contribution in [3.8, 4) is 0 Å². The summed E-state index contributed by atoms with van der Waals surface area (Å²) >= 11 is 0. The van der Waals surface area contributed by atoms with E-state index in [1.165, 1.54) is 24.0 Å². The lowest BCUT2D eigenvalue weighted by atomic mass is 9.82. The predicted octanol–water partition coefficient (Wildman–Crippen LogP) is 4.08. The molecule has 0 aromatic heterocycles. The Balaban J connectivity index is 2.34. The third-order valence-electron chi connectivity index (χ3n) is 4.80. The minimum Gasteiger partial charge on any atom is -0.385 e. The van der Waals surface area contributed by atoms with Gasteiger partial charge < -0.3 is 9.84 Å². The summed E-state index contributed by atoms with van der Waals surface area (Å²) in [6, 6.07) is 6.16. The van der Waals surface area contributed by atoms with E-state index in [9.17, 15) is 5.11 Å². The zero-order chi connectivity index (χ0) is 13.9. The van der Waals surface area contributed by atoms with Crippen molar-refractivity contribution in [3.05, 3.63) is 34.9 Å². The standard InChI is InChI=1S/C17H26O2/c1-13-9-8-10-15(14(13)2)16(18)17(19-3)11-6-4-5-7-12-17/h8-10,16,18H,4-7,11-12H2,1-3H3. The molecule has 19 heavy (non-hydrogen) atoms. The van der Waals surface area contributed by atoms with Gasteiger partial charge in [0.1, 0.15) is 6.10 Å². The maximum atomic E-state index is 10.9. The Hall–Kier alpha value is -0.860. The molecule has 2 nitrogen and oxygen atoms in total. The van der Waals surface area contributed by atoms with Crippen LogP contribution in [0.4, 0.5) is 0 Å². The highest BCUT2D eigenvalue weighted by atomic mass is 16.5. The first-order chi connectivity index (χ1) is 9.10. The van der Waals surface area contributed by atoms with Crippen molar-refractivity contribution < 1.29 is 9.84 Å². The van der Waals surface area contributed by atoms with Crippen LogP contribution in [-0.2, 0) is 4.74 Å². The van der Waals surface area contributed by atoms with Crippen LogP contribution in [0.5, 0.6) is 0 Å². The average molecular weight is 262 g/mol.